The summed E-state index contributed by atoms with van der Waals surface area (Å²) in [5, 5.41) is 0. The summed E-state index contributed by atoms with van der Waals surface area (Å²) >= 11 is 0. The lowest BCUT2D eigenvalue weighted by molar-refractivity contribution is -0.151. The summed E-state index contributed by atoms with van der Waals surface area (Å²) in [7, 11) is -3.63. The third-order valence-corrected chi connectivity index (χ3v) is 8.56. The number of rotatable bonds is 7. The molecule has 1 atom stereocenters. The van der Waals surface area contributed by atoms with Crippen molar-refractivity contribution in [3.8, 4) is 0 Å². The van der Waals surface area contributed by atoms with Crippen LogP contribution in [-0.4, -0.2) is 62.6 Å². The lowest BCUT2D eigenvalue weighted by Crippen LogP contribution is -2.41. The first kappa shape index (κ1) is 23.7. The smallest absolute Gasteiger partial charge is 0.309 e. The van der Waals surface area contributed by atoms with Gasteiger partial charge in [-0.25, -0.2) is 8.42 Å². The monoisotopic (exact) mass is 476 g/mol. The molecule has 1 saturated carbocycles. The minimum Gasteiger partial charge on any atom is -0.466 e. The van der Waals surface area contributed by atoms with Crippen LogP contribution in [0.25, 0.3) is 0 Å². The van der Waals surface area contributed by atoms with Crippen LogP contribution in [0.15, 0.2) is 23.1 Å². The highest BCUT2D eigenvalue weighted by Gasteiger charge is 2.40. The predicted molar refractivity (Wildman–Crippen MR) is 122 cm³/mol. The number of likely N-dealkylation sites (tertiary alicyclic amines) is 1. The van der Waals surface area contributed by atoms with Gasteiger partial charge in [-0.1, -0.05) is 0 Å². The van der Waals surface area contributed by atoms with Crippen LogP contribution in [-0.2, 0) is 35.4 Å². The Kier molecular flexibility index (Phi) is 6.79. The van der Waals surface area contributed by atoms with Gasteiger partial charge in [-0.3, -0.25) is 14.4 Å². The average molecular weight is 477 g/mol. The highest BCUT2D eigenvalue weighted by atomic mass is 32.2. The summed E-state index contributed by atoms with van der Waals surface area (Å²) < 4.78 is 30.9. The molecule has 9 heteroatoms. The fourth-order valence-electron chi connectivity index (χ4n) is 4.79. The van der Waals surface area contributed by atoms with E-state index < -0.39 is 9.84 Å². The molecule has 180 valence electrons. The summed E-state index contributed by atoms with van der Waals surface area (Å²) in [6, 6.07) is 4.96. The molecule has 2 amide bonds. The SMILES string of the molecule is CCOC(=O)C1CCN(C(=O)CCS(=O)(=O)c2ccc3c(c2)C[C@H](C)N3C(=O)C2CC2)CC1. The van der Waals surface area contributed by atoms with E-state index in [0.29, 0.717) is 39.0 Å². The van der Waals surface area contributed by atoms with E-state index in [1.54, 1.807) is 30.0 Å². The largest absolute Gasteiger partial charge is 0.466 e. The summed E-state index contributed by atoms with van der Waals surface area (Å²) in [4.78, 5) is 40.7. The number of benzene rings is 1. The Morgan fingerprint density at radius 2 is 1.76 bits per heavy atom. The van der Waals surface area contributed by atoms with Gasteiger partial charge in [0.2, 0.25) is 11.8 Å². The normalized spacial score (nSPS) is 21.1. The Bertz CT molecular complexity index is 1040. The van der Waals surface area contributed by atoms with Crippen molar-refractivity contribution in [2.75, 3.05) is 30.3 Å². The molecular weight excluding hydrogens is 444 g/mol. The van der Waals surface area contributed by atoms with Gasteiger partial charge >= 0.3 is 5.97 Å². The number of esters is 1. The van der Waals surface area contributed by atoms with Gasteiger partial charge < -0.3 is 14.5 Å². The van der Waals surface area contributed by atoms with Crippen molar-refractivity contribution >= 4 is 33.3 Å². The molecule has 1 saturated heterocycles. The van der Waals surface area contributed by atoms with Crippen LogP contribution in [0.5, 0.6) is 0 Å². The molecule has 0 bridgehead atoms. The van der Waals surface area contributed by atoms with Crippen molar-refractivity contribution in [3.63, 3.8) is 0 Å². The van der Waals surface area contributed by atoms with E-state index in [9.17, 15) is 22.8 Å². The maximum Gasteiger partial charge on any atom is 0.309 e. The number of fused-ring (bicyclic) bond motifs is 1. The average Bonchev–Trinajstić information content (AvgIpc) is 3.59. The van der Waals surface area contributed by atoms with Gasteiger partial charge in [0, 0.05) is 37.2 Å². The minimum atomic E-state index is -3.63. The molecular formula is C24H32N2O6S. The van der Waals surface area contributed by atoms with E-state index in [1.165, 1.54) is 0 Å². The minimum absolute atomic E-state index is 0.0187. The quantitative estimate of drug-likeness (QED) is 0.560. The summed E-state index contributed by atoms with van der Waals surface area (Å²) in [6.45, 7) is 4.96. The van der Waals surface area contributed by atoms with Crippen molar-refractivity contribution in [3.05, 3.63) is 23.8 Å². The fraction of sp³-hybridized carbons (Fsp3) is 0.625. The van der Waals surface area contributed by atoms with Crippen LogP contribution in [0.2, 0.25) is 0 Å². The molecule has 2 aliphatic heterocycles. The Labute approximate surface area is 195 Å². The molecule has 33 heavy (non-hydrogen) atoms. The molecule has 0 aromatic heterocycles. The van der Waals surface area contributed by atoms with Crippen molar-refractivity contribution in [2.24, 2.45) is 11.8 Å². The van der Waals surface area contributed by atoms with Crippen LogP contribution < -0.4 is 4.90 Å². The molecule has 2 fully saturated rings. The molecule has 1 aromatic rings. The lowest BCUT2D eigenvalue weighted by Gasteiger charge is -2.31. The molecule has 2 heterocycles. The zero-order chi connectivity index (χ0) is 23.8. The maximum atomic E-state index is 12.9. The van der Waals surface area contributed by atoms with Crippen molar-refractivity contribution in [2.45, 2.75) is 63.3 Å². The first-order chi connectivity index (χ1) is 15.7. The number of nitrogens with zero attached hydrogens (tertiary/aromatic N) is 2. The van der Waals surface area contributed by atoms with Crippen LogP contribution in [0.3, 0.4) is 0 Å². The molecule has 3 aliphatic rings. The fourth-order valence-corrected chi connectivity index (χ4v) is 6.06. The van der Waals surface area contributed by atoms with E-state index in [1.807, 2.05) is 11.8 Å². The van der Waals surface area contributed by atoms with Crippen molar-refractivity contribution in [1.82, 2.24) is 4.90 Å². The number of hydrogen-bond acceptors (Lipinski definition) is 6. The number of piperidine rings is 1. The summed E-state index contributed by atoms with van der Waals surface area (Å²) in [6.07, 6.45) is 3.47. The molecule has 0 spiro atoms. The summed E-state index contributed by atoms with van der Waals surface area (Å²) in [5.41, 5.74) is 1.67. The number of hydrogen-bond donors (Lipinski definition) is 0. The van der Waals surface area contributed by atoms with E-state index in [-0.39, 0.29) is 52.7 Å². The third kappa shape index (κ3) is 5.08. The number of sulfone groups is 1. The molecule has 4 rings (SSSR count). The number of ether oxygens (including phenoxy) is 1. The Morgan fingerprint density at radius 1 is 1.06 bits per heavy atom. The number of carbonyl (C=O) groups excluding carboxylic acids is 3. The second-order valence-electron chi connectivity index (χ2n) is 9.30. The Balaban J connectivity index is 1.35. The van der Waals surface area contributed by atoms with Gasteiger partial charge in [0.1, 0.15) is 0 Å². The van der Waals surface area contributed by atoms with Crippen LogP contribution in [0, 0.1) is 11.8 Å². The van der Waals surface area contributed by atoms with E-state index in [2.05, 4.69) is 0 Å². The highest BCUT2D eigenvalue weighted by Crippen LogP contribution is 2.39. The number of amides is 2. The zero-order valence-electron chi connectivity index (χ0n) is 19.3. The molecule has 0 radical (unpaired) electrons. The molecule has 0 N–H and O–H groups in total. The lowest BCUT2D eigenvalue weighted by atomic mass is 9.97. The van der Waals surface area contributed by atoms with E-state index in [0.717, 1.165) is 24.1 Å². The third-order valence-electron chi connectivity index (χ3n) is 6.84. The maximum absolute atomic E-state index is 12.9. The van der Waals surface area contributed by atoms with Gasteiger partial charge in [0.05, 0.1) is 23.2 Å². The Hall–Kier alpha value is -2.42. The van der Waals surface area contributed by atoms with E-state index in [4.69, 9.17) is 4.74 Å². The number of carbonyl (C=O) groups is 3. The summed E-state index contributed by atoms with van der Waals surface area (Å²) in [5.74, 6) is -0.655. The Morgan fingerprint density at radius 3 is 2.39 bits per heavy atom. The second-order valence-corrected chi connectivity index (χ2v) is 11.4. The van der Waals surface area contributed by atoms with Crippen LogP contribution >= 0.6 is 0 Å². The van der Waals surface area contributed by atoms with Gasteiger partial charge in [-0.05, 0) is 69.7 Å². The van der Waals surface area contributed by atoms with Crippen LogP contribution in [0.1, 0.15) is 51.5 Å². The van der Waals surface area contributed by atoms with Gasteiger partial charge in [0.15, 0.2) is 9.84 Å². The second kappa shape index (κ2) is 9.44. The van der Waals surface area contributed by atoms with E-state index >= 15 is 0 Å². The molecule has 0 unspecified atom stereocenters. The zero-order valence-corrected chi connectivity index (χ0v) is 20.1. The standard InChI is InChI=1S/C24H32N2O6S/c1-3-32-24(29)18-8-11-25(12-9-18)22(27)10-13-33(30,31)20-6-7-21-19(15-20)14-16(2)26(21)23(28)17-4-5-17/h6-7,15-18H,3-5,8-14H2,1-2H3/t16-/m0/s1. The molecule has 8 nitrogen and oxygen atoms in total. The van der Waals surface area contributed by atoms with Crippen molar-refractivity contribution in [1.29, 1.82) is 0 Å². The number of anilines is 1. The van der Waals surface area contributed by atoms with Crippen molar-refractivity contribution < 1.29 is 27.5 Å². The van der Waals surface area contributed by atoms with Gasteiger partial charge in [-0.2, -0.15) is 0 Å². The first-order valence-corrected chi connectivity index (χ1v) is 13.5. The van der Waals surface area contributed by atoms with Crippen LogP contribution in [0.4, 0.5) is 5.69 Å². The molecule has 1 aliphatic carbocycles. The highest BCUT2D eigenvalue weighted by molar-refractivity contribution is 7.91. The van der Waals surface area contributed by atoms with Gasteiger partial charge in [0.25, 0.3) is 0 Å². The first-order valence-electron chi connectivity index (χ1n) is 11.8. The topological polar surface area (TPSA) is 101 Å². The predicted octanol–water partition coefficient (Wildman–Crippen LogP) is 2.34. The molecule has 1 aromatic carbocycles. The van der Waals surface area contributed by atoms with Gasteiger partial charge in [-0.15, -0.1) is 0 Å².